The SMILES string of the molecule is CC(C)CN(CC(=O)O)C(=O)c1c[nH]c(=O)cn1. The average molecular weight is 253 g/mol. The lowest BCUT2D eigenvalue weighted by molar-refractivity contribution is -0.137. The van der Waals surface area contributed by atoms with E-state index in [1.807, 2.05) is 13.8 Å². The molecule has 7 nitrogen and oxygen atoms in total. The van der Waals surface area contributed by atoms with Gasteiger partial charge in [-0.25, -0.2) is 4.98 Å². The van der Waals surface area contributed by atoms with Gasteiger partial charge in [-0.15, -0.1) is 0 Å². The van der Waals surface area contributed by atoms with Crippen molar-refractivity contribution < 1.29 is 14.7 Å². The molecule has 98 valence electrons. The zero-order chi connectivity index (χ0) is 13.7. The summed E-state index contributed by atoms with van der Waals surface area (Å²) < 4.78 is 0. The number of hydrogen-bond donors (Lipinski definition) is 2. The molecule has 0 spiro atoms. The highest BCUT2D eigenvalue weighted by Gasteiger charge is 2.20. The first kappa shape index (κ1) is 13.9. The number of aromatic amines is 1. The van der Waals surface area contributed by atoms with E-state index in [1.54, 1.807) is 0 Å². The van der Waals surface area contributed by atoms with Crippen LogP contribution < -0.4 is 5.56 Å². The van der Waals surface area contributed by atoms with Crippen LogP contribution in [0.25, 0.3) is 0 Å². The van der Waals surface area contributed by atoms with Gasteiger partial charge in [0, 0.05) is 12.7 Å². The molecule has 0 aromatic carbocycles. The van der Waals surface area contributed by atoms with Gasteiger partial charge in [0.1, 0.15) is 12.2 Å². The minimum Gasteiger partial charge on any atom is -0.480 e. The van der Waals surface area contributed by atoms with Gasteiger partial charge in [-0.3, -0.25) is 14.4 Å². The molecule has 1 rings (SSSR count). The summed E-state index contributed by atoms with van der Waals surface area (Å²) >= 11 is 0. The maximum atomic E-state index is 12.0. The molecule has 0 aliphatic heterocycles. The maximum Gasteiger partial charge on any atom is 0.323 e. The van der Waals surface area contributed by atoms with Gasteiger partial charge in [0.15, 0.2) is 0 Å². The summed E-state index contributed by atoms with van der Waals surface area (Å²) in [5.41, 5.74) is -0.392. The van der Waals surface area contributed by atoms with E-state index in [2.05, 4.69) is 9.97 Å². The molecule has 1 aromatic rings. The lowest BCUT2D eigenvalue weighted by Crippen LogP contribution is -2.38. The summed E-state index contributed by atoms with van der Waals surface area (Å²) in [6, 6.07) is 0. The number of amides is 1. The molecule has 0 saturated heterocycles. The van der Waals surface area contributed by atoms with Crippen molar-refractivity contribution in [2.75, 3.05) is 13.1 Å². The largest absolute Gasteiger partial charge is 0.480 e. The predicted octanol–water partition coefficient (Wildman–Crippen LogP) is -0.0473. The summed E-state index contributed by atoms with van der Waals surface area (Å²) in [7, 11) is 0. The fraction of sp³-hybridized carbons (Fsp3) is 0.455. The molecule has 2 N–H and O–H groups in total. The van der Waals surface area contributed by atoms with Crippen molar-refractivity contribution in [1.82, 2.24) is 14.9 Å². The van der Waals surface area contributed by atoms with Crippen molar-refractivity contribution >= 4 is 11.9 Å². The van der Waals surface area contributed by atoms with Crippen LogP contribution in [-0.4, -0.2) is 44.9 Å². The molecule has 0 fully saturated rings. The fourth-order valence-electron chi connectivity index (χ4n) is 1.44. The van der Waals surface area contributed by atoms with Crippen molar-refractivity contribution in [1.29, 1.82) is 0 Å². The Kier molecular flexibility index (Phi) is 4.59. The highest BCUT2D eigenvalue weighted by molar-refractivity contribution is 5.93. The van der Waals surface area contributed by atoms with Crippen LogP contribution in [-0.2, 0) is 4.79 Å². The number of carboxylic acid groups (broad SMARTS) is 1. The minimum absolute atomic E-state index is 0.0245. The Balaban J connectivity index is 2.90. The van der Waals surface area contributed by atoms with Crippen LogP contribution in [0.1, 0.15) is 24.3 Å². The van der Waals surface area contributed by atoms with E-state index >= 15 is 0 Å². The van der Waals surface area contributed by atoms with Crippen molar-refractivity contribution in [3.05, 3.63) is 28.4 Å². The Labute approximate surface area is 103 Å². The number of carboxylic acids is 1. The van der Waals surface area contributed by atoms with Crippen molar-refractivity contribution in [3.63, 3.8) is 0 Å². The van der Waals surface area contributed by atoms with Gasteiger partial charge in [0.05, 0.1) is 6.20 Å². The quantitative estimate of drug-likeness (QED) is 0.765. The third-order valence-electron chi connectivity index (χ3n) is 2.09. The summed E-state index contributed by atoms with van der Waals surface area (Å²) in [6.45, 7) is 3.68. The Bertz CT molecular complexity index is 475. The highest BCUT2D eigenvalue weighted by Crippen LogP contribution is 2.04. The maximum absolute atomic E-state index is 12.0. The molecular weight excluding hydrogens is 238 g/mol. The topological polar surface area (TPSA) is 103 Å². The van der Waals surface area contributed by atoms with Crippen LogP contribution in [0.5, 0.6) is 0 Å². The van der Waals surface area contributed by atoms with Crippen molar-refractivity contribution in [3.8, 4) is 0 Å². The van der Waals surface area contributed by atoms with E-state index < -0.39 is 24.0 Å². The normalized spacial score (nSPS) is 10.4. The first-order valence-corrected chi connectivity index (χ1v) is 5.46. The van der Waals surface area contributed by atoms with Crippen LogP contribution >= 0.6 is 0 Å². The molecule has 1 heterocycles. The minimum atomic E-state index is -1.09. The van der Waals surface area contributed by atoms with Crippen LogP contribution in [0.2, 0.25) is 0 Å². The van der Waals surface area contributed by atoms with E-state index in [0.717, 1.165) is 6.20 Å². The number of carbonyl (C=O) groups excluding carboxylic acids is 1. The van der Waals surface area contributed by atoms with Gasteiger partial charge in [0.25, 0.3) is 11.5 Å². The summed E-state index contributed by atoms with van der Waals surface area (Å²) in [5, 5.41) is 8.76. The zero-order valence-electron chi connectivity index (χ0n) is 10.2. The van der Waals surface area contributed by atoms with Crippen LogP contribution in [0.15, 0.2) is 17.2 Å². The number of aromatic nitrogens is 2. The van der Waals surface area contributed by atoms with Gasteiger partial charge in [-0.1, -0.05) is 13.8 Å². The van der Waals surface area contributed by atoms with E-state index in [1.165, 1.54) is 11.1 Å². The Hall–Kier alpha value is -2.18. The first-order valence-electron chi connectivity index (χ1n) is 5.46. The van der Waals surface area contributed by atoms with Gasteiger partial charge >= 0.3 is 5.97 Å². The Morgan fingerprint density at radius 3 is 2.61 bits per heavy atom. The second-order valence-electron chi connectivity index (χ2n) is 4.27. The third-order valence-corrected chi connectivity index (χ3v) is 2.09. The molecule has 0 bridgehead atoms. The van der Waals surface area contributed by atoms with E-state index in [0.29, 0.717) is 6.54 Å². The van der Waals surface area contributed by atoms with Gasteiger partial charge in [-0.2, -0.15) is 0 Å². The molecule has 0 saturated carbocycles. The Morgan fingerprint density at radius 1 is 1.50 bits per heavy atom. The molecule has 0 atom stereocenters. The molecule has 0 aliphatic carbocycles. The van der Waals surface area contributed by atoms with Crippen LogP contribution in [0, 0.1) is 5.92 Å². The third kappa shape index (κ3) is 4.00. The number of rotatable bonds is 5. The Morgan fingerprint density at radius 2 is 2.17 bits per heavy atom. The van der Waals surface area contributed by atoms with Gasteiger partial charge in [-0.05, 0) is 5.92 Å². The molecular formula is C11H15N3O4. The second-order valence-corrected chi connectivity index (χ2v) is 4.27. The van der Waals surface area contributed by atoms with E-state index in [4.69, 9.17) is 5.11 Å². The van der Waals surface area contributed by atoms with Gasteiger partial charge < -0.3 is 15.0 Å². The standard InChI is InChI=1S/C11H15N3O4/c1-7(2)5-14(6-10(16)17)11(18)8-3-13-9(15)4-12-8/h3-4,7H,5-6H2,1-2H3,(H,13,15)(H,16,17). The number of nitrogens with one attached hydrogen (secondary N) is 1. The smallest absolute Gasteiger partial charge is 0.323 e. The fourth-order valence-corrected chi connectivity index (χ4v) is 1.44. The van der Waals surface area contributed by atoms with Crippen LogP contribution in [0.3, 0.4) is 0 Å². The lowest BCUT2D eigenvalue weighted by atomic mass is 10.2. The van der Waals surface area contributed by atoms with Crippen LogP contribution in [0.4, 0.5) is 0 Å². The van der Waals surface area contributed by atoms with E-state index in [9.17, 15) is 14.4 Å². The number of aliphatic carboxylic acids is 1. The lowest BCUT2D eigenvalue weighted by Gasteiger charge is -2.22. The van der Waals surface area contributed by atoms with Crippen molar-refractivity contribution in [2.45, 2.75) is 13.8 Å². The molecule has 1 aromatic heterocycles. The molecule has 7 heteroatoms. The molecule has 18 heavy (non-hydrogen) atoms. The second kappa shape index (κ2) is 5.95. The van der Waals surface area contributed by atoms with E-state index in [-0.39, 0.29) is 11.6 Å². The number of H-pyrrole nitrogens is 1. The predicted molar refractivity (Wildman–Crippen MR) is 63.2 cm³/mol. The zero-order valence-corrected chi connectivity index (χ0v) is 10.2. The average Bonchev–Trinajstić information content (AvgIpc) is 2.27. The summed E-state index contributed by atoms with van der Waals surface area (Å²) in [4.78, 5) is 40.7. The monoisotopic (exact) mass is 253 g/mol. The number of carbonyl (C=O) groups is 2. The molecule has 1 amide bonds. The highest BCUT2D eigenvalue weighted by atomic mass is 16.4. The number of nitrogens with zero attached hydrogens (tertiary/aromatic N) is 2. The van der Waals surface area contributed by atoms with Gasteiger partial charge in [0.2, 0.25) is 0 Å². The molecule has 0 unspecified atom stereocenters. The molecule has 0 radical (unpaired) electrons. The summed E-state index contributed by atoms with van der Waals surface area (Å²) in [5.74, 6) is -1.47. The molecule has 0 aliphatic rings. The van der Waals surface area contributed by atoms with Crippen molar-refractivity contribution in [2.24, 2.45) is 5.92 Å². The first-order chi connectivity index (χ1) is 8.40. The number of hydrogen-bond acceptors (Lipinski definition) is 4. The summed E-state index contributed by atoms with van der Waals surface area (Å²) in [6.07, 6.45) is 2.17.